The second kappa shape index (κ2) is 11.1. The van der Waals surface area contributed by atoms with Gasteiger partial charge in [0.05, 0.1) is 31.1 Å². The largest absolute Gasteiger partial charge is 0.496 e. The first kappa shape index (κ1) is 24.3. The molecule has 0 radical (unpaired) electrons. The fourth-order valence-electron chi connectivity index (χ4n) is 4.12. The molecule has 1 N–H and O–H groups in total. The van der Waals surface area contributed by atoms with Gasteiger partial charge in [-0.2, -0.15) is 0 Å². The highest BCUT2D eigenvalue weighted by atomic mass is 32.2. The number of anilines is 1. The Bertz CT molecular complexity index is 1190. The molecule has 8 nitrogen and oxygen atoms in total. The van der Waals surface area contributed by atoms with Crippen LogP contribution in [0.1, 0.15) is 46.5 Å². The fraction of sp³-hybridized carbons (Fsp3) is 0.417. The van der Waals surface area contributed by atoms with Crippen LogP contribution in [0.5, 0.6) is 5.75 Å². The number of rotatable bonds is 7. The molecule has 0 unspecified atom stereocenters. The number of benzene rings is 1. The number of esters is 1. The molecular formula is C24H28N4O4S2. The third kappa shape index (κ3) is 5.12. The quantitative estimate of drug-likeness (QED) is 0.370. The lowest BCUT2D eigenvalue weighted by molar-refractivity contribution is -0.113. The van der Waals surface area contributed by atoms with E-state index in [4.69, 9.17) is 9.47 Å². The van der Waals surface area contributed by atoms with Gasteiger partial charge in [0.15, 0.2) is 11.0 Å². The molecular weight excluding hydrogens is 472 g/mol. The predicted molar refractivity (Wildman–Crippen MR) is 134 cm³/mol. The number of para-hydroxylation sites is 1. The van der Waals surface area contributed by atoms with Gasteiger partial charge in [0.1, 0.15) is 10.8 Å². The molecule has 0 atom stereocenters. The van der Waals surface area contributed by atoms with Gasteiger partial charge in [0.25, 0.3) is 0 Å². The van der Waals surface area contributed by atoms with Gasteiger partial charge in [-0.25, -0.2) is 4.79 Å². The Balaban J connectivity index is 1.48. The molecule has 10 heteroatoms. The summed E-state index contributed by atoms with van der Waals surface area (Å²) < 4.78 is 12.3. The van der Waals surface area contributed by atoms with E-state index in [2.05, 4.69) is 15.5 Å². The maximum atomic E-state index is 12.8. The normalized spacial score (nSPS) is 13.5. The van der Waals surface area contributed by atoms with Crippen LogP contribution < -0.4 is 10.1 Å². The van der Waals surface area contributed by atoms with Crippen molar-refractivity contribution in [2.45, 2.75) is 43.7 Å². The Kier molecular flexibility index (Phi) is 7.89. The Hall–Kier alpha value is -2.85. The average molecular weight is 501 g/mol. The number of thiophene rings is 1. The standard InChI is InChI=1S/C24H28N4O4S2/c1-28-21(15-10-8-9-12-17(15)31-2)26-27-24(28)33-14-19(29)25-22-20(23(30)32-3)16-11-6-4-5-7-13-18(16)34-22/h8-10,12H,4-7,11,13-14H2,1-3H3,(H,25,29). The molecule has 0 saturated heterocycles. The molecule has 0 spiro atoms. The molecule has 0 aliphatic heterocycles. The zero-order chi connectivity index (χ0) is 24.1. The predicted octanol–water partition coefficient (Wildman–Crippen LogP) is 4.73. The van der Waals surface area contributed by atoms with Gasteiger partial charge < -0.3 is 19.4 Å². The number of carbonyl (C=O) groups is 2. The molecule has 2 heterocycles. The van der Waals surface area contributed by atoms with Crippen LogP contribution in [0.2, 0.25) is 0 Å². The van der Waals surface area contributed by atoms with Crippen molar-refractivity contribution >= 4 is 40.0 Å². The Morgan fingerprint density at radius 1 is 1.12 bits per heavy atom. The van der Waals surface area contributed by atoms with E-state index in [1.165, 1.54) is 41.5 Å². The van der Waals surface area contributed by atoms with Gasteiger partial charge in [0, 0.05) is 11.9 Å². The summed E-state index contributed by atoms with van der Waals surface area (Å²) in [7, 11) is 4.85. The first-order valence-corrected chi connectivity index (χ1v) is 13.0. The number of aryl methyl sites for hydroxylation is 1. The van der Waals surface area contributed by atoms with Crippen molar-refractivity contribution in [3.05, 3.63) is 40.3 Å². The zero-order valence-electron chi connectivity index (χ0n) is 19.6. The minimum Gasteiger partial charge on any atom is -0.496 e. The van der Waals surface area contributed by atoms with Crippen LogP contribution in [-0.2, 0) is 29.4 Å². The molecule has 1 aromatic carbocycles. The van der Waals surface area contributed by atoms with E-state index in [1.54, 1.807) is 7.11 Å². The topological polar surface area (TPSA) is 95.3 Å². The molecule has 1 aliphatic carbocycles. The van der Waals surface area contributed by atoms with Crippen LogP contribution in [-0.4, -0.2) is 46.6 Å². The number of methoxy groups -OCH3 is 2. The first-order valence-electron chi connectivity index (χ1n) is 11.2. The van der Waals surface area contributed by atoms with Crippen molar-refractivity contribution in [3.8, 4) is 17.1 Å². The van der Waals surface area contributed by atoms with Crippen LogP contribution in [0, 0.1) is 0 Å². The molecule has 0 fully saturated rings. The lowest BCUT2D eigenvalue weighted by Gasteiger charge is -2.11. The highest BCUT2D eigenvalue weighted by molar-refractivity contribution is 7.99. The number of nitrogens with zero attached hydrogens (tertiary/aromatic N) is 3. The molecule has 0 saturated carbocycles. The number of hydrogen-bond acceptors (Lipinski definition) is 8. The second-order valence-electron chi connectivity index (χ2n) is 8.02. The SMILES string of the molecule is COC(=O)c1c(NC(=O)CSc2nnc(-c3ccccc3OC)n2C)sc2c1CCCCCC2. The molecule has 4 rings (SSSR count). The molecule has 1 amide bonds. The summed E-state index contributed by atoms with van der Waals surface area (Å²) in [6.07, 6.45) is 6.25. The van der Waals surface area contributed by atoms with Crippen molar-refractivity contribution < 1.29 is 19.1 Å². The Morgan fingerprint density at radius 3 is 2.65 bits per heavy atom. The number of ether oxygens (including phenoxy) is 2. The summed E-state index contributed by atoms with van der Waals surface area (Å²) in [4.78, 5) is 26.6. The summed E-state index contributed by atoms with van der Waals surface area (Å²) in [5.74, 6) is 0.908. The summed E-state index contributed by atoms with van der Waals surface area (Å²) in [5.41, 5.74) is 2.38. The van der Waals surface area contributed by atoms with Crippen molar-refractivity contribution in [2.75, 3.05) is 25.3 Å². The van der Waals surface area contributed by atoms with Gasteiger partial charge in [-0.3, -0.25) is 4.79 Å². The average Bonchev–Trinajstić information content (AvgIpc) is 3.36. The van der Waals surface area contributed by atoms with Crippen LogP contribution in [0.4, 0.5) is 5.00 Å². The van der Waals surface area contributed by atoms with Crippen LogP contribution in [0.3, 0.4) is 0 Å². The maximum absolute atomic E-state index is 12.8. The Morgan fingerprint density at radius 2 is 1.88 bits per heavy atom. The lowest BCUT2D eigenvalue weighted by atomic mass is 9.96. The summed E-state index contributed by atoms with van der Waals surface area (Å²) >= 11 is 2.79. The summed E-state index contributed by atoms with van der Waals surface area (Å²) in [6, 6.07) is 7.60. The fourth-order valence-corrected chi connectivity index (χ4v) is 6.13. The van der Waals surface area contributed by atoms with E-state index in [0.717, 1.165) is 43.2 Å². The van der Waals surface area contributed by atoms with Gasteiger partial charge in [-0.1, -0.05) is 36.7 Å². The van der Waals surface area contributed by atoms with E-state index in [0.29, 0.717) is 27.3 Å². The van der Waals surface area contributed by atoms with E-state index < -0.39 is 5.97 Å². The first-order chi connectivity index (χ1) is 16.5. The number of nitrogens with one attached hydrogen (secondary N) is 1. The number of carbonyl (C=O) groups excluding carboxylic acids is 2. The van der Waals surface area contributed by atoms with Crippen molar-refractivity contribution in [2.24, 2.45) is 7.05 Å². The van der Waals surface area contributed by atoms with Crippen LogP contribution in [0.25, 0.3) is 11.4 Å². The number of hydrogen-bond donors (Lipinski definition) is 1. The van der Waals surface area contributed by atoms with Crippen LogP contribution >= 0.6 is 23.1 Å². The third-order valence-corrected chi connectivity index (χ3v) is 8.06. The molecule has 1 aliphatic rings. The van der Waals surface area contributed by atoms with E-state index in [9.17, 15) is 9.59 Å². The molecule has 2 aromatic heterocycles. The van der Waals surface area contributed by atoms with Crippen molar-refractivity contribution in [1.29, 1.82) is 0 Å². The van der Waals surface area contributed by atoms with E-state index >= 15 is 0 Å². The van der Waals surface area contributed by atoms with Crippen molar-refractivity contribution in [3.63, 3.8) is 0 Å². The maximum Gasteiger partial charge on any atom is 0.341 e. The monoisotopic (exact) mass is 500 g/mol. The third-order valence-electron chi connectivity index (χ3n) is 5.83. The minimum absolute atomic E-state index is 0.140. The van der Waals surface area contributed by atoms with Gasteiger partial charge in [-0.05, 0) is 43.4 Å². The summed E-state index contributed by atoms with van der Waals surface area (Å²) in [6.45, 7) is 0. The van der Waals surface area contributed by atoms with Gasteiger partial charge in [-0.15, -0.1) is 21.5 Å². The molecule has 0 bridgehead atoms. The summed E-state index contributed by atoms with van der Waals surface area (Å²) in [5, 5.41) is 12.7. The highest BCUT2D eigenvalue weighted by Crippen LogP contribution is 2.38. The Labute approximate surface area is 207 Å². The van der Waals surface area contributed by atoms with Gasteiger partial charge in [0.2, 0.25) is 5.91 Å². The number of aromatic nitrogens is 3. The molecule has 180 valence electrons. The molecule has 34 heavy (non-hydrogen) atoms. The van der Waals surface area contributed by atoms with E-state index in [1.807, 2.05) is 35.9 Å². The number of fused-ring (bicyclic) bond motifs is 1. The van der Waals surface area contributed by atoms with Crippen molar-refractivity contribution in [1.82, 2.24) is 14.8 Å². The number of thioether (sulfide) groups is 1. The van der Waals surface area contributed by atoms with E-state index in [-0.39, 0.29) is 11.7 Å². The highest BCUT2D eigenvalue weighted by Gasteiger charge is 2.26. The van der Waals surface area contributed by atoms with Gasteiger partial charge >= 0.3 is 5.97 Å². The lowest BCUT2D eigenvalue weighted by Crippen LogP contribution is -2.16. The van der Waals surface area contributed by atoms with Crippen LogP contribution in [0.15, 0.2) is 29.4 Å². The number of amides is 1. The smallest absolute Gasteiger partial charge is 0.341 e. The molecule has 3 aromatic rings. The minimum atomic E-state index is -0.393. The second-order valence-corrected chi connectivity index (χ2v) is 10.1. The zero-order valence-corrected chi connectivity index (χ0v) is 21.2.